The van der Waals surface area contributed by atoms with Gasteiger partial charge in [-0.1, -0.05) is 0 Å². The summed E-state index contributed by atoms with van der Waals surface area (Å²) < 4.78 is 13.4. The van der Waals surface area contributed by atoms with E-state index < -0.39 is 5.60 Å². The molecule has 38 heavy (non-hydrogen) atoms. The zero-order chi connectivity index (χ0) is 26.5. The topological polar surface area (TPSA) is 101 Å². The van der Waals surface area contributed by atoms with Crippen molar-refractivity contribution in [2.45, 2.75) is 64.5 Å². The summed E-state index contributed by atoms with van der Waals surface area (Å²) in [7, 11) is 0. The second-order valence-corrected chi connectivity index (χ2v) is 11.3. The zero-order valence-electron chi connectivity index (χ0n) is 22.5. The maximum atomic E-state index is 12.9. The standard InChI is InChI=1S/C28H35N7O3/c1-5-37-20-15-21(24-22-17-30-31-25(22)32-35(24)18-20)19-7-8-23(29-16-19)33-13-10-28(11-14-33)9-6-12-34(28)26(36)38-27(2,3)4/h7-8,15-18H,5-6,9-14H2,1-4H3,(H,31,32). The van der Waals surface area contributed by atoms with Crippen molar-refractivity contribution < 1.29 is 14.3 Å². The molecule has 200 valence electrons. The number of piperidine rings is 1. The number of H-pyrrole nitrogens is 1. The third kappa shape index (κ3) is 4.31. The van der Waals surface area contributed by atoms with E-state index in [9.17, 15) is 4.79 Å². The minimum Gasteiger partial charge on any atom is -0.492 e. The van der Waals surface area contributed by atoms with Gasteiger partial charge >= 0.3 is 6.09 Å². The average molecular weight is 518 g/mol. The van der Waals surface area contributed by atoms with Gasteiger partial charge in [0.25, 0.3) is 0 Å². The molecule has 0 bridgehead atoms. The highest BCUT2D eigenvalue weighted by Gasteiger charge is 2.47. The number of aromatic nitrogens is 5. The van der Waals surface area contributed by atoms with Gasteiger partial charge in [0.05, 0.1) is 29.9 Å². The number of pyridine rings is 2. The van der Waals surface area contributed by atoms with Crippen molar-refractivity contribution in [3.63, 3.8) is 0 Å². The van der Waals surface area contributed by atoms with Gasteiger partial charge in [-0.05, 0) is 71.6 Å². The predicted octanol–water partition coefficient (Wildman–Crippen LogP) is 5.04. The van der Waals surface area contributed by atoms with Crippen molar-refractivity contribution >= 4 is 28.5 Å². The van der Waals surface area contributed by atoms with Crippen molar-refractivity contribution in [3.05, 3.63) is 36.8 Å². The zero-order valence-corrected chi connectivity index (χ0v) is 22.5. The van der Waals surface area contributed by atoms with E-state index in [2.05, 4.69) is 32.3 Å². The Morgan fingerprint density at radius 3 is 2.66 bits per heavy atom. The number of carbonyl (C=O) groups is 1. The van der Waals surface area contributed by atoms with Crippen molar-refractivity contribution in [2.24, 2.45) is 0 Å². The Kier molecular flexibility index (Phi) is 5.92. The number of likely N-dealkylation sites (tertiary alicyclic amines) is 1. The minimum absolute atomic E-state index is 0.109. The van der Waals surface area contributed by atoms with Gasteiger partial charge in [0.2, 0.25) is 0 Å². The van der Waals surface area contributed by atoms with Crippen LogP contribution in [0.2, 0.25) is 0 Å². The molecule has 0 saturated carbocycles. The van der Waals surface area contributed by atoms with Gasteiger partial charge in [-0.2, -0.15) is 5.10 Å². The Morgan fingerprint density at radius 2 is 1.95 bits per heavy atom. The summed E-state index contributed by atoms with van der Waals surface area (Å²) in [4.78, 5) is 22.1. The lowest BCUT2D eigenvalue weighted by Crippen LogP contribution is -2.55. The van der Waals surface area contributed by atoms with Crippen molar-refractivity contribution in [1.29, 1.82) is 0 Å². The summed E-state index contributed by atoms with van der Waals surface area (Å²) in [6, 6.07) is 6.24. The summed E-state index contributed by atoms with van der Waals surface area (Å²) in [6.07, 6.45) is 9.33. The molecule has 0 aromatic carbocycles. The van der Waals surface area contributed by atoms with Crippen LogP contribution in [-0.4, -0.2) is 73.2 Å². The number of anilines is 1. The molecule has 2 aliphatic heterocycles. The van der Waals surface area contributed by atoms with Crippen LogP contribution in [0.3, 0.4) is 0 Å². The van der Waals surface area contributed by atoms with Gasteiger partial charge in [-0.3, -0.25) is 5.10 Å². The molecule has 0 unspecified atom stereocenters. The number of hydrogen-bond acceptors (Lipinski definition) is 7. The molecule has 1 N–H and O–H groups in total. The molecule has 0 atom stereocenters. The smallest absolute Gasteiger partial charge is 0.410 e. The van der Waals surface area contributed by atoms with Crippen molar-refractivity contribution in [1.82, 2.24) is 29.7 Å². The van der Waals surface area contributed by atoms with Gasteiger partial charge < -0.3 is 19.3 Å². The molecule has 10 heteroatoms. The molecular weight excluding hydrogens is 482 g/mol. The highest BCUT2D eigenvalue weighted by molar-refractivity contribution is 6.00. The normalized spacial score (nSPS) is 17.6. The molecule has 6 heterocycles. The van der Waals surface area contributed by atoms with Crippen LogP contribution in [0.5, 0.6) is 5.75 Å². The summed E-state index contributed by atoms with van der Waals surface area (Å²) in [6.45, 7) is 10.8. The van der Waals surface area contributed by atoms with Crippen LogP contribution >= 0.6 is 0 Å². The van der Waals surface area contributed by atoms with Crippen LogP contribution in [0.4, 0.5) is 10.6 Å². The maximum Gasteiger partial charge on any atom is 0.410 e. The van der Waals surface area contributed by atoms with Gasteiger partial charge in [-0.25, -0.2) is 14.3 Å². The van der Waals surface area contributed by atoms with Gasteiger partial charge in [0, 0.05) is 42.5 Å². The minimum atomic E-state index is -0.485. The van der Waals surface area contributed by atoms with Crippen molar-refractivity contribution in [3.8, 4) is 16.9 Å². The second-order valence-electron chi connectivity index (χ2n) is 11.3. The molecular formula is C28H35N7O3. The first-order chi connectivity index (χ1) is 18.3. The Balaban J connectivity index is 1.22. The molecule has 2 aliphatic rings. The quantitative estimate of drug-likeness (QED) is 0.405. The molecule has 0 aliphatic carbocycles. The van der Waals surface area contributed by atoms with E-state index in [0.29, 0.717) is 6.61 Å². The second kappa shape index (κ2) is 9.18. The lowest BCUT2D eigenvalue weighted by atomic mass is 9.85. The number of nitrogens with one attached hydrogen (secondary N) is 1. The van der Waals surface area contributed by atoms with Gasteiger partial charge in [-0.15, -0.1) is 5.10 Å². The number of ether oxygens (including phenoxy) is 2. The van der Waals surface area contributed by atoms with Gasteiger partial charge in [0.15, 0.2) is 5.65 Å². The number of rotatable bonds is 4. The molecule has 4 aromatic heterocycles. The van der Waals surface area contributed by atoms with Crippen LogP contribution in [0, 0.1) is 0 Å². The maximum absolute atomic E-state index is 12.9. The number of hydrogen-bond donors (Lipinski definition) is 1. The van der Waals surface area contributed by atoms with Gasteiger partial charge in [0.1, 0.15) is 17.2 Å². The number of nitrogens with zero attached hydrogens (tertiary/aromatic N) is 6. The third-order valence-corrected chi connectivity index (χ3v) is 7.70. The fourth-order valence-corrected chi connectivity index (χ4v) is 5.95. The number of fused-ring (bicyclic) bond motifs is 3. The number of carbonyl (C=O) groups excluding carboxylic acids is 1. The van der Waals surface area contributed by atoms with E-state index in [1.54, 1.807) is 6.20 Å². The Morgan fingerprint density at radius 1 is 1.13 bits per heavy atom. The Bertz CT molecular complexity index is 1460. The van der Waals surface area contributed by atoms with E-state index in [1.165, 1.54) is 0 Å². The number of aromatic amines is 1. The van der Waals surface area contributed by atoms with Crippen LogP contribution in [0.25, 0.3) is 27.7 Å². The first-order valence-electron chi connectivity index (χ1n) is 13.5. The first kappa shape index (κ1) is 24.5. The van der Waals surface area contributed by atoms with E-state index >= 15 is 0 Å². The lowest BCUT2D eigenvalue weighted by molar-refractivity contribution is 0.00320. The van der Waals surface area contributed by atoms with E-state index in [0.717, 1.165) is 84.6 Å². The number of amides is 1. The summed E-state index contributed by atoms with van der Waals surface area (Å²) in [5, 5.41) is 12.7. The molecule has 1 amide bonds. The highest BCUT2D eigenvalue weighted by Crippen LogP contribution is 2.40. The van der Waals surface area contributed by atoms with Crippen LogP contribution in [0.1, 0.15) is 53.4 Å². The van der Waals surface area contributed by atoms with Crippen LogP contribution < -0.4 is 9.64 Å². The Hall–Kier alpha value is -3.82. The molecule has 2 saturated heterocycles. The molecule has 2 fully saturated rings. The SMILES string of the molecule is CCOc1cc(-c2ccc(N3CCC4(CCCN4C(=O)OC(C)(C)C)CC3)nc2)c2c3cn[nH]c3nn2c1. The molecule has 1 spiro atoms. The summed E-state index contributed by atoms with van der Waals surface area (Å²) in [5.41, 5.74) is 3.09. The van der Waals surface area contributed by atoms with Crippen molar-refractivity contribution in [2.75, 3.05) is 31.1 Å². The fourth-order valence-electron chi connectivity index (χ4n) is 5.95. The van der Waals surface area contributed by atoms with Crippen LogP contribution in [-0.2, 0) is 4.74 Å². The fraction of sp³-hybridized carbons (Fsp3) is 0.500. The Labute approximate surface area is 221 Å². The predicted molar refractivity (Wildman–Crippen MR) is 146 cm³/mol. The van der Waals surface area contributed by atoms with Crippen LogP contribution in [0.15, 0.2) is 36.8 Å². The molecule has 0 radical (unpaired) electrons. The van der Waals surface area contributed by atoms with E-state index in [-0.39, 0.29) is 11.6 Å². The average Bonchev–Trinajstić information content (AvgIpc) is 3.58. The van der Waals surface area contributed by atoms with E-state index in [4.69, 9.17) is 14.5 Å². The summed E-state index contributed by atoms with van der Waals surface area (Å²) in [5.74, 6) is 1.70. The molecule has 4 aromatic rings. The monoisotopic (exact) mass is 517 g/mol. The lowest BCUT2D eigenvalue weighted by Gasteiger charge is -2.45. The first-order valence-corrected chi connectivity index (χ1v) is 13.5. The molecule has 10 nitrogen and oxygen atoms in total. The highest BCUT2D eigenvalue weighted by atomic mass is 16.6. The largest absolute Gasteiger partial charge is 0.492 e. The summed E-state index contributed by atoms with van der Waals surface area (Å²) >= 11 is 0. The molecule has 6 rings (SSSR count). The van der Waals surface area contributed by atoms with E-state index in [1.807, 2.05) is 55.6 Å². The third-order valence-electron chi connectivity index (χ3n) is 7.70.